The molecule has 4 amide bonds. The number of amides is 4. The lowest BCUT2D eigenvalue weighted by Gasteiger charge is -2.24. The average Bonchev–Trinajstić information content (AvgIpc) is 2.89. The van der Waals surface area contributed by atoms with Crippen molar-refractivity contribution in [2.75, 3.05) is 13.1 Å². The van der Waals surface area contributed by atoms with Crippen molar-refractivity contribution in [3.05, 3.63) is 48.0 Å². The molecular formula is C18H20N4O3. The third kappa shape index (κ3) is 3.77. The standard InChI is InChI=1S/C18H20N4O3/c1-11(19)17(14-7-6-12-4-2-3-5-13(12)8-14)20-15(23)9-22-10-16(24)21-18(22)25/h2-8,11,17H,9-10,19H2,1H3,(H,20,23)(H,21,24,25). The molecule has 2 unspecified atom stereocenters. The van der Waals surface area contributed by atoms with Crippen molar-refractivity contribution in [1.29, 1.82) is 0 Å². The van der Waals surface area contributed by atoms with Gasteiger partial charge < -0.3 is 16.0 Å². The molecule has 0 radical (unpaired) electrons. The summed E-state index contributed by atoms with van der Waals surface area (Å²) in [7, 11) is 0. The lowest BCUT2D eigenvalue weighted by atomic mass is 9.97. The van der Waals surface area contributed by atoms with Crippen molar-refractivity contribution in [2.24, 2.45) is 5.73 Å². The van der Waals surface area contributed by atoms with Crippen LogP contribution >= 0.6 is 0 Å². The first-order chi connectivity index (χ1) is 11.9. The number of fused-ring (bicyclic) bond motifs is 1. The predicted molar refractivity (Wildman–Crippen MR) is 93.6 cm³/mol. The van der Waals surface area contributed by atoms with Crippen LogP contribution < -0.4 is 16.4 Å². The molecule has 7 heteroatoms. The molecule has 2 aromatic rings. The molecule has 1 aliphatic heterocycles. The normalized spacial score (nSPS) is 16.6. The van der Waals surface area contributed by atoms with Gasteiger partial charge in [-0.25, -0.2) is 4.79 Å². The van der Waals surface area contributed by atoms with Crippen molar-refractivity contribution >= 4 is 28.6 Å². The van der Waals surface area contributed by atoms with Gasteiger partial charge in [-0.05, 0) is 29.3 Å². The lowest BCUT2D eigenvalue weighted by molar-refractivity contribution is -0.122. The quantitative estimate of drug-likeness (QED) is 0.703. The number of benzene rings is 2. The van der Waals surface area contributed by atoms with Gasteiger partial charge in [-0.2, -0.15) is 0 Å². The minimum Gasteiger partial charge on any atom is -0.346 e. The van der Waals surface area contributed by atoms with E-state index in [1.54, 1.807) is 0 Å². The van der Waals surface area contributed by atoms with Crippen LogP contribution in [0.25, 0.3) is 10.8 Å². The van der Waals surface area contributed by atoms with E-state index in [2.05, 4.69) is 10.6 Å². The van der Waals surface area contributed by atoms with Gasteiger partial charge in [-0.15, -0.1) is 0 Å². The Hall–Kier alpha value is -2.93. The van der Waals surface area contributed by atoms with Crippen LogP contribution in [0.5, 0.6) is 0 Å². The van der Waals surface area contributed by atoms with Gasteiger partial charge in [0.15, 0.2) is 0 Å². The van der Waals surface area contributed by atoms with Crippen LogP contribution in [0.4, 0.5) is 4.79 Å². The average molecular weight is 340 g/mol. The molecule has 130 valence electrons. The number of hydrogen-bond donors (Lipinski definition) is 3. The lowest BCUT2D eigenvalue weighted by Crippen LogP contribution is -2.44. The second-order valence-corrected chi connectivity index (χ2v) is 6.22. The SMILES string of the molecule is CC(N)C(NC(=O)CN1CC(=O)NC1=O)c1ccc2ccccc2c1. The van der Waals surface area contributed by atoms with Crippen LogP contribution in [0.2, 0.25) is 0 Å². The van der Waals surface area contributed by atoms with Crippen molar-refractivity contribution in [2.45, 2.75) is 19.0 Å². The summed E-state index contributed by atoms with van der Waals surface area (Å²) in [6.07, 6.45) is 0. The smallest absolute Gasteiger partial charge is 0.325 e. The highest BCUT2D eigenvalue weighted by Crippen LogP contribution is 2.22. The summed E-state index contributed by atoms with van der Waals surface area (Å²) in [5.74, 6) is -0.767. The van der Waals surface area contributed by atoms with Crippen LogP contribution in [-0.2, 0) is 9.59 Å². The number of nitrogens with zero attached hydrogens (tertiary/aromatic N) is 1. The topological polar surface area (TPSA) is 105 Å². The van der Waals surface area contributed by atoms with Crippen molar-refractivity contribution in [3.8, 4) is 0 Å². The zero-order valence-corrected chi connectivity index (χ0v) is 13.9. The predicted octanol–water partition coefficient (Wildman–Crippen LogP) is 0.896. The van der Waals surface area contributed by atoms with Gasteiger partial charge in [0.05, 0.1) is 6.04 Å². The van der Waals surface area contributed by atoms with Gasteiger partial charge in [0.1, 0.15) is 13.1 Å². The monoisotopic (exact) mass is 340 g/mol. The number of carbonyl (C=O) groups excluding carboxylic acids is 3. The fraction of sp³-hybridized carbons (Fsp3) is 0.278. The number of imide groups is 1. The Labute approximate surface area is 145 Å². The summed E-state index contributed by atoms with van der Waals surface area (Å²) < 4.78 is 0. The van der Waals surface area contributed by atoms with E-state index in [1.807, 2.05) is 49.4 Å². The number of hydrogen-bond acceptors (Lipinski definition) is 4. The summed E-state index contributed by atoms with van der Waals surface area (Å²) in [5, 5.41) is 7.17. The van der Waals surface area contributed by atoms with Crippen LogP contribution in [0.3, 0.4) is 0 Å². The van der Waals surface area contributed by atoms with E-state index in [-0.39, 0.29) is 25.0 Å². The molecule has 2 aromatic carbocycles. The van der Waals surface area contributed by atoms with Crippen LogP contribution in [0.15, 0.2) is 42.5 Å². The molecular weight excluding hydrogens is 320 g/mol. The number of carbonyl (C=O) groups is 3. The molecule has 7 nitrogen and oxygen atoms in total. The third-order valence-corrected chi connectivity index (χ3v) is 4.18. The highest BCUT2D eigenvalue weighted by atomic mass is 16.2. The van der Waals surface area contributed by atoms with Gasteiger partial charge in [0, 0.05) is 6.04 Å². The Kier molecular flexibility index (Phi) is 4.67. The van der Waals surface area contributed by atoms with Crippen LogP contribution in [0, 0.1) is 0 Å². The van der Waals surface area contributed by atoms with Crippen molar-refractivity contribution in [3.63, 3.8) is 0 Å². The van der Waals surface area contributed by atoms with Crippen LogP contribution in [0.1, 0.15) is 18.5 Å². The minimum atomic E-state index is -0.553. The summed E-state index contributed by atoms with van der Waals surface area (Å²) >= 11 is 0. The molecule has 1 saturated heterocycles. The van der Waals surface area contributed by atoms with E-state index in [4.69, 9.17) is 5.73 Å². The van der Waals surface area contributed by atoms with Crippen molar-refractivity contribution in [1.82, 2.24) is 15.5 Å². The second-order valence-electron chi connectivity index (χ2n) is 6.22. The summed E-state index contributed by atoms with van der Waals surface area (Å²) in [4.78, 5) is 36.2. The van der Waals surface area contributed by atoms with E-state index in [1.165, 1.54) is 0 Å². The molecule has 0 saturated carbocycles. The molecule has 2 atom stereocenters. The highest BCUT2D eigenvalue weighted by Gasteiger charge is 2.29. The Balaban J connectivity index is 1.75. The maximum Gasteiger partial charge on any atom is 0.325 e. The first-order valence-corrected chi connectivity index (χ1v) is 8.06. The Morgan fingerprint density at radius 2 is 1.96 bits per heavy atom. The minimum absolute atomic E-state index is 0.106. The van der Waals surface area contributed by atoms with E-state index in [9.17, 15) is 14.4 Å². The maximum absolute atomic E-state index is 12.3. The van der Waals surface area contributed by atoms with Gasteiger partial charge >= 0.3 is 6.03 Å². The Morgan fingerprint density at radius 3 is 2.60 bits per heavy atom. The molecule has 0 aliphatic carbocycles. The molecule has 0 spiro atoms. The molecule has 4 N–H and O–H groups in total. The second kappa shape index (κ2) is 6.90. The van der Waals surface area contributed by atoms with E-state index >= 15 is 0 Å². The number of nitrogens with two attached hydrogens (primary N) is 1. The fourth-order valence-electron chi connectivity index (χ4n) is 2.92. The number of rotatable bonds is 5. The molecule has 1 aliphatic rings. The molecule has 3 rings (SSSR count). The largest absolute Gasteiger partial charge is 0.346 e. The van der Waals surface area contributed by atoms with Crippen LogP contribution in [-0.4, -0.2) is 41.9 Å². The zero-order chi connectivity index (χ0) is 18.0. The molecule has 0 aromatic heterocycles. The van der Waals surface area contributed by atoms with Gasteiger partial charge in [0.2, 0.25) is 11.8 Å². The summed E-state index contributed by atoms with van der Waals surface area (Å²) in [5.41, 5.74) is 6.95. The molecule has 1 fully saturated rings. The van der Waals surface area contributed by atoms with Gasteiger partial charge in [0.25, 0.3) is 0 Å². The Morgan fingerprint density at radius 1 is 1.24 bits per heavy atom. The first-order valence-electron chi connectivity index (χ1n) is 8.06. The summed E-state index contributed by atoms with van der Waals surface area (Å²) in [6.45, 7) is 1.52. The number of urea groups is 1. The maximum atomic E-state index is 12.3. The van der Waals surface area contributed by atoms with E-state index in [0.717, 1.165) is 21.2 Å². The molecule has 25 heavy (non-hydrogen) atoms. The highest BCUT2D eigenvalue weighted by molar-refractivity contribution is 6.03. The molecule has 0 bridgehead atoms. The zero-order valence-electron chi connectivity index (χ0n) is 13.9. The molecule has 1 heterocycles. The Bertz CT molecular complexity index is 834. The number of nitrogens with one attached hydrogen (secondary N) is 2. The van der Waals surface area contributed by atoms with E-state index < -0.39 is 18.0 Å². The van der Waals surface area contributed by atoms with Crippen molar-refractivity contribution < 1.29 is 14.4 Å². The van der Waals surface area contributed by atoms with E-state index in [0.29, 0.717) is 0 Å². The third-order valence-electron chi connectivity index (χ3n) is 4.18. The van der Waals surface area contributed by atoms with Gasteiger partial charge in [-0.1, -0.05) is 36.4 Å². The fourth-order valence-corrected chi connectivity index (χ4v) is 2.92. The first kappa shape index (κ1) is 16.9. The summed E-state index contributed by atoms with van der Waals surface area (Å²) in [6, 6.07) is 12.6. The van der Waals surface area contributed by atoms with Gasteiger partial charge in [-0.3, -0.25) is 14.9 Å².